The Kier molecular flexibility index (Phi) is 3.78. The third-order valence-electron chi connectivity index (χ3n) is 4.50. The minimum atomic E-state index is 0.301. The Labute approximate surface area is 125 Å². The van der Waals surface area contributed by atoms with Crippen molar-refractivity contribution in [2.75, 3.05) is 31.1 Å². The molecule has 0 aromatic carbocycles. The Bertz CT molecular complexity index is 549. The maximum absolute atomic E-state index is 12.0. The van der Waals surface area contributed by atoms with Crippen molar-refractivity contribution in [3.05, 3.63) is 23.9 Å². The molecule has 21 heavy (non-hydrogen) atoms. The summed E-state index contributed by atoms with van der Waals surface area (Å²) in [6, 6.07) is 5.82. The van der Waals surface area contributed by atoms with Crippen LogP contribution in [0.1, 0.15) is 25.3 Å². The van der Waals surface area contributed by atoms with Gasteiger partial charge in [-0.15, -0.1) is 0 Å². The second-order valence-electron chi connectivity index (χ2n) is 5.99. The quantitative estimate of drug-likeness (QED) is 0.846. The number of anilines is 1. The van der Waals surface area contributed by atoms with Crippen LogP contribution in [-0.2, 0) is 4.79 Å². The van der Waals surface area contributed by atoms with Crippen LogP contribution in [0.3, 0.4) is 0 Å². The van der Waals surface area contributed by atoms with Gasteiger partial charge in [-0.2, -0.15) is 5.26 Å². The first-order valence-electron chi connectivity index (χ1n) is 7.60. The number of hydrogen-bond acceptors (Lipinski definition) is 4. The second-order valence-corrected chi connectivity index (χ2v) is 5.99. The topological polar surface area (TPSA) is 60.2 Å². The van der Waals surface area contributed by atoms with E-state index in [1.807, 2.05) is 24.0 Å². The van der Waals surface area contributed by atoms with Gasteiger partial charge in [-0.05, 0) is 18.6 Å². The van der Waals surface area contributed by atoms with E-state index in [9.17, 15) is 4.79 Å². The van der Waals surface area contributed by atoms with Crippen LogP contribution in [0, 0.1) is 23.2 Å². The van der Waals surface area contributed by atoms with E-state index in [0.717, 1.165) is 38.4 Å². The van der Waals surface area contributed by atoms with Crippen LogP contribution >= 0.6 is 0 Å². The number of pyridine rings is 1. The van der Waals surface area contributed by atoms with Crippen LogP contribution in [0.4, 0.5) is 5.82 Å². The lowest BCUT2D eigenvalue weighted by atomic mass is 10.0. The summed E-state index contributed by atoms with van der Waals surface area (Å²) in [4.78, 5) is 20.6. The lowest BCUT2D eigenvalue weighted by Gasteiger charge is -2.22. The minimum Gasteiger partial charge on any atom is -0.356 e. The van der Waals surface area contributed by atoms with Gasteiger partial charge < -0.3 is 9.80 Å². The molecule has 5 heteroatoms. The number of amides is 1. The first-order chi connectivity index (χ1) is 10.2. The number of carbonyl (C=O) groups is 1. The maximum Gasteiger partial charge on any atom is 0.222 e. The lowest BCUT2D eigenvalue weighted by Crippen LogP contribution is -2.33. The number of hydrogen-bond donors (Lipinski definition) is 0. The van der Waals surface area contributed by atoms with Crippen molar-refractivity contribution in [2.45, 2.75) is 19.8 Å². The Morgan fingerprint density at radius 3 is 2.57 bits per heavy atom. The monoisotopic (exact) mass is 284 g/mol. The van der Waals surface area contributed by atoms with Gasteiger partial charge in [-0.1, -0.05) is 6.92 Å². The fourth-order valence-electron chi connectivity index (χ4n) is 3.40. The molecule has 2 atom stereocenters. The molecule has 1 aromatic rings. The predicted molar refractivity (Wildman–Crippen MR) is 79.6 cm³/mol. The van der Waals surface area contributed by atoms with Gasteiger partial charge in [0.1, 0.15) is 11.9 Å². The van der Waals surface area contributed by atoms with Crippen molar-refractivity contribution in [1.82, 2.24) is 9.88 Å². The lowest BCUT2D eigenvalue weighted by molar-refractivity contribution is -0.130. The van der Waals surface area contributed by atoms with E-state index in [1.165, 1.54) is 0 Å². The molecule has 2 aliphatic rings. The predicted octanol–water partition coefficient (Wildman–Crippen LogP) is 1.65. The van der Waals surface area contributed by atoms with Crippen LogP contribution in [0.5, 0.6) is 0 Å². The highest BCUT2D eigenvalue weighted by Gasteiger charge is 2.41. The largest absolute Gasteiger partial charge is 0.356 e. The summed E-state index contributed by atoms with van der Waals surface area (Å²) in [6.07, 6.45) is 3.22. The SMILES string of the molecule is CCCC(=O)N1CC2CN(c3ccc(C#N)cn3)CC2C1. The number of rotatable bonds is 3. The van der Waals surface area contributed by atoms with Gasteiger partial charge in [0, 0.05) is 50.6 Å². The molecule has 0 bridgehead atoms. The summed E-state index contributed by atoms with van der Waals surface area (Å²) in [7, 11) is 0. The van der Waals surface area contributed by atoms with Gasteiger partial charge in [-0.3, -0.25) is 4.79 Å². The summed E-state index contributed by atoms with van der Waals surface area (Å²) in [5.41, 5.74) is 0.592. The number of nitrogens with zero attached hydrogens (tertiary/aromatic N) is 4. The third-order valence-corrected chi connectivity index (χ3v) is 4.50. The first-order valence-corrected chi connectivity index (χ1v) is 7.60. The normalized spacial score (nSPS) is 24.0. The Balaban J connectivity index is 1.61. The summed E-state index contributed by atoms with van der Waals surface area (Å²) < 4.78 is 0. The Morgan fingerprint density at radius 2 is 2.05 bits per heavy atom. The molecule has 3 heterocycles. The average Bonchev–Trinajstić information content (AvgIpc) is 3.06. The molecule has 0 radical (unpaired) electrons. The van der Waals surface area contributed by atoms with Crippen molar-refractivity contribution >= 4 is 11.7 Å². The number of nitriles is 1. The van der Waals surface area contributed by atoms with E-state index in [1.54, 1.807) is 6.20 Å². The first kappa shape index (κ1) is 13.9. The van der Waals surface area contributed by atoms with Crippen molar-refractivity contribution in [3.63, 3.8) is 0 Å². The van der Waals surface area contributed by atoms with E-state index in [0.29, 0.717) is 29.7 Å². The average molecular weight is 284 g/mol. The van der Waals surface area contributed by atoms with Gasteiger partial charge >= 0.3 is 0 Å². The smallest absolute Gasteiger partial charge is 0.222 e. The fourth-order valence-corrected chi connectivity index (χ4v) is 3.40. The molecule has 0 N–H and O–H groups in total. The zero-order valence-electron chi connectivity index (χ0n) is 12.3. The van der Waals surface area contributed by atoms with Gasteiger partial charge in [0.15, 0.2) is 0 Å². The molecule has 3 rings (SSSR count). The van der Waals surface area contributed by atoms with Crippen molar-refractivity contribution in [1.29, 1.82) is 5.26 Å². The standard InChI is InChI=1S/C16H20N4O/c1-2-3-16(21)20-10-13-8-19(9-14(13)11-20)15-5-4-12(6-17)7-18-15/h4-5,7,13-14H,2-3,8-11H2,1H3. The second kappa shape index (κ2) is 5.72. The van der Waals surface area contributed by atoms with E-state index < -0.39 is 0 Å². The highest BCUT2D eigenvalue weighted by molar-refractivity contribution is 5.76. The number of fused-ring (bicyclic) bond motifs is 1. The van der Waals surface area contributed by atoms with Crippen LogP contribution in [-0.4, -0.2) is 42.0 Å². The highest BCUT2D eigenvalue weighted by atomic mass is 16.2. The van der Waals surface area contributed by atoms with Crippen molar-refractivity contribution < 1.29 is 4.79 Å². The molecule has 2 unspecified atom stereocenters. The highest BCUT2D eigenvalue weighted by Crippen LogP contribution is 2.33. The number of carbonyl (C=O) groups excluding carboxylic acids is 1. The molecule has 1 amide bonds. The molecule has 2 aliphatic heterocycles. The summed E-state index contributed by atoms with van der Waals surface area (Å²) in [5.74, 6) is 2.36. The molecule has 2 saturated heterocycles. The molecular weight excluding hydrogens is 264 g/mol. The van der Waals surface area contributed by atoms with E-state index in [2.05, 4.69) is 16.0 Å². The van der Waals surface area contributed by atoms with Crippen LogP contribution in [0.15, 0.2) is 18.3 Å². The van der Waals surface area contributed by atoms with E-state index in [-0.39, 0.29) is 0 Å². The summed E-state index contributed by atoms with van der Waals surface area (Å²) >= 11 is 0. The van der Waals surface area contributed by atoms with E-state index in [4.69, 9.17) is 5.26 Å². The molecule has 0 spiro atoms. The van der Waals surface area contributed by atoms with Gasteiger partial charge in [0.2, 0.25) is 5.91 Å². The van der Waals surface area contributed by atoms with Gasteiger partial charge in [0.05, 0.1) is 5.56 Å². The molecule has 1 aromatic heterocycles. The number of likely N-dealkylation sites (tertiary alicyclic amines) is 1. The van der Waals surface area contributed by atoms with E-state index >= 15 is 0 Å². The van der Waals surface area contributed by atoms with Gasteiger partial charge in [0.25, 0.3) is 0 Å². The maximum atomic E-state index is 12.0. The minimum absolute atomic E-state index is 0.301. The molecule has 110 valence electrons. The van der Waals surface area contributed by atoms with Crippen molar-refractivity contribution in [3.8, 4) is 6.07 Å². The van der Waals surface area contributed by atoms with Crippen LogP contribution in [0.25, 0.3) is 0 Å². The molecule has 5 nitrogen and oxygen atoms in total. The van der Waals surface area contributed by atoms with Crippen molar-refractivity contribution in [2.24, 2.45) is 11.8 Å². The zero-order valence-corrected chi connectivity index (χ0v) is 12.3. The zero-order chi connectivity index (χ0) is 14.8. The van der Waals surface area contributed by atoms with Crippen LogP contribution < -0.4 is 4.90 Å². The molecule has 0 saturated carbocycles. The summed E-state index contributed by atoms with van der Waals surface area (Å²) in [6.45, 7) is 5.73. The molecule has 0 aliphatic carbocycles. The Hall–Kier alpha value is -2.09. The third kappa shape index (κ3) is 2.71. The van der Waals surface area contributed by atoms with Crippen LogP contribution in [0.2, 0.25) is 0 Å². The van der Waals surface area contributed by atoms with Gasteiger partial charge in [-0.25, -0.2) is 4.98 Å². The molecular formula is C16H20N4O. The summed E-state index contributed by atoms with van der Waals surface area (Å²) in [5, 5.41) is 8.81. The Morgan fingerprint density at radius 1 is 1.33 bits per heavy atom. The number of aromatic nitrogens is 1. The molecule has 2 fully saturated rings. The fraction of sp³-hybridized carbons (Fsp3) is 0.562.